The van der Waals surface area contributed by atoms with Crippen LogP contribution in [0, 0.1) is 11.2 Å². The first-order chi connectivity index (χ1) is 16.3. The molecule has 1 unspecified atom stereocenters. The number of aryl methyl sites for hydroxylation is 1. The van der Waals surface area contributed by atoms with E-state index in [-0.39, 0.29) is 11.3 Å². The summed E-state index contributed by atoms with van der Waals surface area (Å²) in [5.74, 6) is 1.83. The number of benzene rings is 1. The zero-order valence-electron chi connectivity index (χ0n) is 19.6. The maximum atomic E-state index is 14.4. The van der Waals surface area contributed by atoms with Crippen LogP contribution in [-0.2, 0) is 24.4 Å². The maximum Gasteiger partial charge on any atom is 0.416 e. The standard InChI is InChI=1S/C25H32F4N4O/c1-32-22(30-31-23(32)17-7-12-34-13-8-17)4-2-3-10-33-11-9-24(16-33)15-20(24)19-6-5-18(14-21(19)26)25(27,28)29/h5-6,14,17,20H,2-4,7-13,15-16H2,1H3/t20?,24-/m0/s1. The molecule has 5 nitrogen and oxygen atoms in total. The van der Waals surface area contributed by atoms with Gasteiger partial charge in [0.25, 0.3) is 0 Å². The van der Waals surface area contributed by atoms with Crippen LogP contribution in [0.2, 0.25) is 0 Å². The van der Waals surface area contributed by atoms with Gasteiger partial charge in [0.05, 0.1) is 5.56 Å². The molecule has 1 saturated carbocycles. The molecule has 5 rings (SSSR count). The summed E-state index contributed by atoms with van der Waals surface area (Å²) in [6.07, 6.45) is 2.30. The van der Waals surface area contributed by atoms with E-state index < -0.39 is 17.6 Å². The van der Waals surface area contributed by atoms with E-state index in [1.54, 1.807) is 0 Å². The van der Waals surface area contributed by atoms with Crippen molar-refractivity contribution < 1.29 is 22.3 Å². The highest BCUT2D eigenvalue weighted by atomic mass is 19.4. The normalized spacial score (nSPS) is 26.0. The summed E-state index contributed by atoms with van der Waals surface area (Å²) in [6.45, 7) is 4.42. The van der Waals surface area contributed by atoms with Gasteiger partial charge in [-0.15, -0.1) is 10.2 Å². The average Bonchev–Trinajstić information content (AvgIpc) is 3.14. The van der Waals surface area contributed by atoms with Crippen molar-refractivity contribution in [3.05, 3.63) is 46.8 Å². The first kappa shape index (κ1) is 23.7. The van der Waals surface area contributed by atoms with Crippen LogP contribution in [0.3, 0.4) is 0 Å². The third kappa shape index (κ3) is 4.73. The number of nitrogens with zero attached hydrogens (tertiary/aromatic N) is 4. The van der Waals surface area contributed by atoms with Crippen LogP contribution < -0.4 is 0 Å². The summed E-state index contributed by atoms with van der Waals surface area (Å²) in [4.78, 5) is 2.42. The Morgan fingerprint density at radius 3 is 2.68 bits per heavy atom. The number of hydrogen-bond acceptors (Lipinski definition) is 4. The van der Waals surface area contributed by atoms with E-state index in [0.29, 0.717) is 17.5 Å². The Balaban J connectivity index is 1.09. The third-order valence-corrected chi connectivity index (χ3v) is 8.07. The van der Waals surface area contributed by atoms with Crippen LogP contribution in [0.4, 0.5) is 17.6 Å². The number of unbranched alkanes of at least 4 members (excludes halogenated alkanes) is 1. The highest BCUT2D eigenvalue weighted by Crippen LogP contribution is 2.64. The van der Waals surface area contributed by atoms with Crippen molar-refractivity contribution in [1.29, 1.82) is 0 Å². The van der Waals surface area contributed by atoms with E-state index in [1.807, 2.05) is 0 Å². The van der Waals surface area contributed by atoms with Crippen molar-refractivity contribution >= 4 is 0 Å². The van der Waals surface area contributed by atoms with Crippen molar-refractivity contribution in [2.24, 2.45) is 12.5 Å². The van der Waals surface area contributed by atoms with Gasteiger partial charge in [0, 0.05) is 39.1 Å². The van der Waals surface area contributed by atoms with E-state index in [4.69, 9.17) is 4.74 Å². The van der Waals surface area contributed by atoms with Crippen molar-refractivity contribution in [3.8, 4) is 0 Å². The first-order valence-electron chi connectivity index (χ1n) is 12.3. The monoisotopic (exact) mass is 480 g/mol. The summed E-state index contributed by atoms with van der Waals surface area (Å²) in [5, 5.41) is 8.86. The molecule has 0 radical (unpaired) electrons. The molecule has 34 heavy (non-hydrogen) atoms. The summed E-state index contributed by atoms with van der Waals surface area (Å²) < 4.78 is 60.5. The van der Waals surface area contributed by atoms with Gasteiger partial charge in [-0.3, -0.25) is 0 Å². The fourth-order valence-electron chi connectivity index (χ4n) is 5.92. The van der Waals surface area contributed by atoms with Crippen LogP contribution in [0.1, 0.15) is 73.1 Å². The van der Waals surface area contributed by atoms with Crippen LogP contribution in [-0.4, -0.2) is 52.5 Å². The SMILES string of the molecule is Cn1c(CCCCN2CC[C@]3(CC3c3ccc(C(F)(F)F)cc3F)C2)nnc1C1CCOCC1. The molecule has 0 amide bonds. The molecule has 1 spiro atoms. The Bertz CT molecular complexity index is 1020. The number of rotatable bonds is 7. The number of alkyl halides is 3. The van der Waals surface area contributed by atoms with Gasteiger partial charge >= 0.3 is 6.18 Å². The van der Waals surface area contributed by atoms with E-state index in [1.165, 1.54) is 6.07 Å². The summed E-state index contributed by atoms with van der Waals surface area (Å²) in [5.41, 5.74) is -0.445. The summed E-state index contributed by atoms with van der Waals surface area (Å²) in [7, 11) is 2.05. The zero-order chi connectivity index (χ0) is 23.9. The quantitative estimate of drug-likeness (QED) is 0.410. The molecule has 186 valence electrons. The second-order valence-corrected chi connectivity index (χ2v) is 10.3. The van der Waals surface area contributed by atoms with E-state index >= 15 is 0 Å². The molecule has 1 aromatic heterocycles. The van der Waals surface area contributed by atoms with Gasteiger partial charge in [0.1, 0.15) is 17.5 Å². The Labute approximate surface area is 197 Å². The minimum absolute atomic E-state index is 0.0297. The molecule has 3 heterocycles. The van der Waals surface area contributed by atoms with Crippen molar-refractivity contribution in [2.45, 2.75) is 63.0 Å². The Hall–Kier alpha value is -2.00. The Kier molecular flexibility index (Phi) is 6.44. The van der Waals surface area contributed by atoms with Crippen LogP contribution >= 0.6 is 0 Å². The lowest BCUT2D eigenvalue weighted by atomic mass is 9.97. The number of aromatic nitrogens is 3. The molecular formula is C25H32F4N4O. The first-order valence-corrected chi connectivity index (χ1v) is 12.3. The predicted octanol–water partition coefficient (Wildman–Crippen LogP) is 5.07. The molecule has 0 bridgehead atoms. The molecule has 2 atom stereocenters. The molecule has 9 heteroatoms. The largest absolute Gasteiger partial charge is 0.416 e. The van der Waals surface area contributed by atoms with E-state index in [9.17, 15) is 17.6 Å². The smallest absolute Gasteiger partial charge is 0.381 e. The second kappa shape index (κ2) is 9.22. The minimum Gasteiger partial charge on any atom is -0.381 e. The lowest BCUT2D eigenvalue weighted by Gasteiger charge is -2.21. The molecule has 0 N–H and O–H groups in total. The van der Waals surface area contributed by atoms with Gasteiger partial charge in [-0.1, -0.05) is 6.07 Å². The lowest BCUT2D eigenvalue weighted by Crippen LogP contribution is -2.23. The van der Waals surface area contributed by atoms with Crippen LogP contribution in [0.25, 0.3) is 0 Å². The number of likely N-dealkylation sites (tertiary alicyclic amines) is 1. The molecule has 2 saturated heterocycles. The van der Waals surface area contributed by atoms with Gasteiger partial charge in [-0.2, -0.15) is 13.2 Å². The van der Waals surface area contributed by atoms with Gasteiger partial charge in [-0.05, 0) is 80.6 Å². The Morgan fingerprint density at radius 1 is 1.15 bits per heavy atom. The van der Waals surface area contributed by atoms with E-state index in [0.717, 1.165) is 95.5 Å². The number of ether oxygens (including phenoxy) is 1. The average molecular weight is 481 g/mol. The third-order valence-electron chi connectivity index (χ3n) is 8.07. The summed E-state index contributed by atoms with van der Waals surface area (Å²) in [6, 6.07) is 3.00. The summed E-state index contributed by atoms with van der Waals surface area (Å²) >= 11 is 0. The van der Waals surface area contributed by atoms with Crippen LogP contribution in [0.5, 0.6) is 0 Å². The lowest BCUT2D eigenvalue weighted by molar-refractivity contribution is -0.137. The van der Waals surface area contributed by atoms with Crippen molar-refractivity contribution in [2.75, 3.05) is 32.8 Å². The van der Waals surface area contributed by atoms with Crippen molar-refractivity contribution in [3.63, 3.8) is 0 Å². The highest BCUT2D eigenvalue weighted by molar-refractivity contribution is 5.35. The molecule has 2 aromatic rings. The van der Waals surface area contributed by atoms with Gasteiger partial charge < -0.3 is 14.2 Å². The molecule has 1 aromatic carbocycles. The van der Waals surface area contributed by atoms with Crippen LogP contribution in [0.15, 0.2) is 18.2 Å². The fourth-order valence-corrected chi connectivity index (χ4v) is 5.92. The van der Waals surface area contributed by atoms with Crippen molar-refractivity contribution in [1.82, 2.24) is 19.7 Å². The molecule has 1 aliphatic carbocycles. The highest BCUT2D eigenvalue weighted by Gasteiger charge is 2.58. The topological polar surface area (TPSA) is 43.2 Å². The Morgan fingerprint density at radius 2 is 1.94 bits per heavy atom. The van der Waals surface area contributed by atoms with E-state index in [2.05, 4.69) is 26.7 Å². The van der Waals surface area contributed by atoms with Gasteiger partial charge in [-0.25, -0.2) is 4.39 Å². The van der Waals surface area contributed by atoms with Gasteiger partial charge in [0.15, 0.2) is 0 Å². The fraction of sp³-hybridized carbons (Fsp3) is 0.680. The molecule has 3 aliphatic rings. The predicted molar refractivity (Wildman–Crippen MR) is 119 cm³/mol. The number of hydrogen-bond donors (Lipinski definition) is 0. The maximum absolute atomic E-state index is 14.4. The molecule has 3 fully saturated rings. The molecule has 2 aliphatic heterocycles. The van der Waals surface area contributed by atoms with Gasteiger partial charge in [0.2, 0.25) is 0 Å². The second-order valence-electron chi connectivity index (χ2n) is 10.3. The number of halogens is 4. The minimum atomic E-state index is -4.51. The zero-order valence-corrected chi connectivity index (χ0v) is 19.6. The molecular weight excluding hydrogens is 448 g/mol.